The molecule has 1 aliphatic rings. The molecule has 0 atom stereocenters. The molecule has 0 aliphatic carbocycles. The Labute approximate surface area is 131 Å². The van der Waals surface area contributed by atoms with Crippen molar-refractivity contribution in [3.8, 4) is 0 Å². The van der Waals surface area contributed by atoms with Gasteiger partial charge < -0.3 is 5.32 Å². The largest absolute Gasteiger partial charge is 0.311 e. The smallest absolute Gasteiger partial charge is 0.0450 e. The van der Waals surface area contributed by atoms with Crippen LogP contribution in [0.4, 0.5) is 0 Å². The van der Waals surface area contributed by atoms with E-state index in [1.165, 1.54) is 23.1 Å². The van der Waals surface area contributed by atoms with Crippen LogP contribution in [-0.2, 0) is 19.5 Å². The second-order valence-corrected chi connectivity index (χ2v) is 5.97. The molecular weight excluding hydrogens is 280 g/mol. The first-order chi connectivity index (χ1) is 10.3. The monoisotopic (exact) mass is 300 g/mol. The van der Waals surface area contributed by atoms with Gasteiger partial charge in [-0.2, -0.15) is 0 Å². The van der Waals surface area contributed by atoms with Crippen molar-refractivity contribution < 1.29 is 0 Å². The fraction of sp³-hybridized carbons (Fsp3) is 0.333. The van der Waals surface area contributed by atoms with Crippen molar-refractivity contribution in [2.45, 2.75) is 19.5 Å². The van der Waals surface area contributed by atoms with E-state index < -0.39 is 0 Å². The quantitative estimate of drug-likeness (QED) is 0.851. The second kappa shape index (κ2) is 7.08. The first kappa shape index (κ1) is 14.6. The summed E-state index contributed by atoms with van der Waals surface area (Å²) in [4.78, 5) is 2.52. The van der Waals surface area contributed by atoms with Gasteiger partial charge in [-0.05, 0) is 29.2 Å². The van der Waals surface area contributed by atoms with Gasteiger partial charge in [0.2, 0.25) is 0 Å². The van der Waals surface area contributed by atoms with Crippen LogP contribution in [0, 0.1) is 0 Å². The third-order valence-electron chi connectivity index (χ3n) is 4.09. The average molecular weight is 301 g/mol. The Morgan fingerprint density at radius 1 is 1.00 bits per heavy atom. The maximum Gasteiger partial charge on any atom is 0.0450 e. The minimum atomic E-state index is 0.837. The summed E-state index contributed by atoms with van der Waals surface area (Å²) in [7, 11) is 0. The molecule has 0 unspecified atom stereocenters. The van der Waals surface area contributed by atoms with E-state index in [4.69, 9.17) is 11.6 Å². The molecule has 2 aromatic rings. The highest BCUT2D eigenvalue weighted by Crippen LogP contribution is 2.18. The van der Waals surface area contributed by atoms with Crippen LogP contribution in [0.25, 0.3) is 0 Å². The molecular formula is C18H21ClN2. The first-order valence-corrected chi connectivity index (χ1v) is 7.94. The van der Waals surface area contributed by atoms with Crippen LogP contribution in [-0.4, -0.2) is 24.5 Å². The van der Waals surface area contributed by atoms with E-state index >= 15 is 0 Å². The second-order valence-electron chi connectivity index (χ2n) is 5.56. The molecule has 0 radical (unpaired) electrons. The number of fused-ring (bicyclic) bond motifs is 1. The lowest BCUT2D eigenvalue weighted by molar-refractivity contribution is 0.254. The van der Waals surface area contributed by atoms with Gasteiger partial charge in [0, 0.05) is 37.7 Å². The Bertz CT molecular complexity index is 597. The molecule has 21 heavy (non-hydrogen) atoms. The van der Waals surface area contributed by atoms with E-state index in [1.54, 1.807) is 0 Å². The zero-order valence-electron chi connectivity index (χ0n) is 12.2. The van der Waals surface area contributed by atoms with Crippen LogP contribution in [0.5, 0.6) is 0 Å². The van der Waals surface area contributed by atoms with Gasteiger partial charge in [0.15, 0.2) is 0 Å². The molecule has 0 bridgehead atoms. The Kier molecular flexibility index (Phi) is 4.91. The van der Waals surface area contributed by atoms with Crippen LogP contribution in [0.2, 0.25) is 5.02 Å². The maximum absolute atomic E-state index is 6.16. The van der Waals surface area contributed by atoms with E-state index in [0.717, 1.165) is 37.7 Å². The van der Waals surface area contributed by atoms with E-state index in [2.05, 4.69) is 40.5 Å². The molecule has 1 aliphatic heterocycles. The van der Waals surface area contributed by atoms with Crippen LogP contribution in [0.3, 0.4) is 0 Å². The third-order valence-corrected chi connectivity index (χ3v) is 4.46. The summed E-state index contributed by atoms with van der Waals surface area (Å²) in [5, 5.41) is 4.33. The van der Waals surface area contributed by atoms with Gasteiger partial charge >= 0.3 is 0 Å². The van der Waals surface area contributed by atoms with Crippen molar-refractivity contribution in [2.75, 3.05) is 19.6 Å². The van der Waals surface area contributed by atoms with Crippen molar-refractivity contribution in [1.82, 2.24) is 10.2 Å². The van der Waals surface area contributed by atoms with Crippen LogP contribution in [0.1, 0.15) is 16.7 Å². The van der Waals surface area contributed by atoms with Gasteiger partial charge in [0.05, 0.1) is 0 Å². The number of nitrogens with one attached hydrogen (secondary N) is 1. The van der Waals surface area contributed by atoms with E-state index in [0.29, 0.717) is 0 Å². The molecule has 0 saturated heterocycles. The minimum Gasteiger partial charge on any atom is -0.311 e. The molecule has 0 fully saturated rings. The molecule has 110 valence electrons. The van der Waals surface area contributed by atoms with Crippen LogP contribution < -0.4 is 5.32 Å². The topological polar surface area (TPSA) is 15.3 Å². The molecule has 1 heterocycles. The average Bonchev–Trinajstić information content (AvgIpc) is 2.53. The summed E-state index contributed by atoms with van der Waals surface area (Å²) < 4.78 is 0. The summed E-state index contributed by atoms with van der Waals surface area (Å²) >= 11 is 6.16. The highest BCUT2D eigenvalue weighted by molar-refractivity contribution is 6.31. The van der Waals surface area contributed by atoms with Gasteiger partial charge in [-0.15, -0.1) is 0 Å². The lowest BCUT2D eigenvalue weighted by atomic mass is 10.00. The van der Waals surface area contributed by atoms with Gasteiger partial charge in [-0.3, -0.25) is 4.90 Å². The number of hydrogen-bond acceptors (Lipinski definition) is 2. The molecule has 2 nitrogen and oxygen atoms in total. The molecule has 3 heteroatoms. The molecule has 0 spiro atoms. The zero-order valence-corrected chi connectivity index (χ0v) is 12.9. The number of hydrogen-bond donors (Lipinski definition) is 1. The summed E-state index contributed by atoms with van der Waals surface area (Å²) in [5.41, 5.74) is 4.16. The Morgan fingerprint density at radius 3 is 2.62 bits per heavy atom. The van der Waals surface area contributed by atoms with Gasteiger partial charge in [-0.25, -0.2) is 0 Å². The molecule has 0 saturated carbocycles. The number of halogens is 1. The zero-order chi connectivity index (χ0) is 14.5. The summed E-state index contributed by atoms with van der Waals surface area (Å²) in [6.45, 7) is 5.14. The van der Waals surface area contributed by atoms with E-state index in [9.17, 15) is 0 Å². The Hall–Kier alpha value is -1.35. The standard InChI is InChI=1S/C18H21ClN2/c19-18-8-4-3-6-16(18)13-20-10-12-21-11-9-15-5-1-2-7-17(15)14-21/h1-8,20H,9-14H2. The van der Waals surface area contributed by atoms with Crippen LogP contribution in [0.15, 0.2) is 48.5 Å². The van der Waals surface area contributed by atoms with Gasteiger partial charge in [0.25, 0.3) is 0 Å². The van der Waals surface area contributed by atoms with Gasteiger partial charge in [-0.1, -0.05) is 54.1 Å². The molecule has 1 N–H and O–H groups in total. The SMILES string of the molecule is Clc1ccccc1CNCCN1CCc2ccccc2C1. The maximum atomic E-state index is 6.16. The molecule has 3 rings (SSSR count). The number of nitrogens with zero attached hydrogens (tertiary/aromatic N) is 1. The minimum absolute atomic E-state index is 0.837. The fourth-order valence-corrected chi connectivity index (χ4v) is 3.05. The Morgan fingerprint density at radius 2 is 1.76 bits per heavy atom. The van der Waals surface area contributed by atoms with Crippen LogP contribution >= 0.6 is 11.6 Å². The Balaban J connectivity index is 1.44. The van der Waals surface area contributed by atoms with Crippen molar-refractivity contribution in [2.24, 2.45) is 0 Å². The fourth-order valence-electron chi connectivity index (χ4n) is 2.85. The normalized spacial score (nSPS) is 14.9. The number of benzene rings is 2. The van der Waals surface area contributed by atoms with E-state index in [-0.39, 0.29) is 0 Å². The third kappa shape index (κ3) is 3.85. The lowest BCUT2D eigenvalue weighted by Crippen LogP contribution is -2.35. The highest BCUT2D eigenvalue weighted by atomic mass is 35.5. The highest BCUT2D eigenvalue weighted by Gasteiger charge is 2.14. The summed E-state index contributed by atoms with van der Waals surface area (Å²) in [5.74, 6) is 0. The summed E-state index contributed by atoms with van der Waals surface area (Å²) in [6.07, 6.45) is 1.17. The van der Waals surface area contributed by atoms with E-state index in [1.807, 2.05) is 18.2 Å². The van der Waals surface area contributed by atoms with Gasteiger partial charge in [0.1, 0.15) is 0 Å². The first-order valence-electron chi connectivity index (χ1n) is 7.56. The molecule has 0 aromatic heterocycles. The number of rotatable bonds is 5. The molecule has 0 amide bonds. The predicted molar refractivity (Wildman–Crippen MR) is 88.6 cm³/mol. The van der Waals surface area contributed by atoms with Crippen molar-refractivity contribution in [1.29, 1.82) is 0 Å². The lowest BCUT2D eigenvalue weighted by Gasteiger charge is -2.28. The van der Waals surface area contributed by atoms with Crippen molar-refractivity contribution >= 4 is 11.6 Å². The predicted octanol–water partition coefficient (Wildman–Crippen LogP) is 3.49. The summed E-state index contributed by atoms with van der Waals surface area (Å²) in [6, 6.07) is 16.8. The van der Waals surface area contributed by atoms with Crippen molar-refractivity contribution in [3.05, 3.63) is 70.2 Å². The van der Waals surface area contributed by atoms with Crippen molar-refractivity contribution in [3.63, 3.8) is 0 Å². The molecule has 2 aromatic carbocycles.